The van der Waals surface area contributed by atoms with Crippen LogP contribution in [0.5, 0.6) is 0 Å². The highest BCUT2D eigenvalue weighted by atomic mass is 32.1. The summed E-state index contributed by atoms with van der Waals surface area (Å²) >= 11 is 1.56. The lowest BCUT2D eigenvalue weighted by atomic mass is 9.88. The number of hydrogen-bond donors (Lipinski definition) is 2. The molecule has 2 rings (SSSR count). The van der Waals surface area contributed by atoms with Crippen LogP contribution in [0.3, 0.4) is 0 Å². The van der Waals surface area contributed by atoms with E-state index >= 15 is 0 Å². The van der Waals surface area contributed by atoms with Crippen molar-refractivity contribution in [1.82, 2.24) is 10.3 Å². The molecular formula is C16H23N3O2S. The molecule has 1 atom stereocenters. The van der Waals surface area contributed by atoms with Crippen molar-refractivity contribution in [2.75, 3.05) is 6.54 Å². The van der Waals surface area contributed by atoms with E-state index in [9.17, 15) is 4.79 Å². The molecule has 0 radical (unpaired) electrons. The van der Waals surface area contributed by atoms with E-state index in [1.54, 1.807) is 11.3 Å². The van der Waals surface area contributed by atoms with Crippen molar-refractivity contribution in [3.63, 3.8) is 0 Å². The number of aryl methyl sites for hydroxylation is 1. The lowest BCUT2D eigenvalue weighted by Crippen LogP contribution is -2.55. The first-order valence-corrected chi connectivity index (χ1v) is 8.25. The van der Waals surface area contributed by atoms with E-state index in [1.807, 2.05) is 45.2 Å². The summed E-state index contributed by atoms with van der Waals surface area (Å²) in [6, 6.07) is 3.89. The number of carbonyl (C=O) groups excluding carboxylic acids is 1. The minimum Gasteiger partial charge on any atom is -0.440 e. The number of nitrogens with one attached hydrogen (secondary N) is 1. The molecule has 0 aliphatic rings. The van der Waals surface area contributed by atoms with Crippen LogP contribution in [0.25, 0.3) is 10.8 Å². The molecule has 0 bridgehead atoms. The molecule has 0 saturated heterocycles. The van der Waals surface area contributed by atoms with Gasteiger partial charge in [-0.05, 0) is 31.2 Å². The molecule has 1 unspecified atom stereocenters. The number of nitrogens with zero attached hydrogens (tertiary/aromatic N) is 1. The van der Waals surface area contributed by atoms with Crippen LogP contribution in [0, 0.1) is 12.8 Å². The molecule has 0 aliphatic heterocycles. The van der Waals surface area contributed by atoms with Crippen molar-refractivity contribution in [3.05, 3.63) is 29.0 Å². The maximum atomic E-state index is 12.3. The Morgan fingerprint density at radius 1 is 1.55 bits per heavy atom. The number of nitrogens with two attached hydrogens (primary N) is 1. The number of oxazole rings is 1. The fourth-order valence-electron chi connectivity index (χ4n) is 2.04. The maximum absolute atomic E-state index is 12.3. The largest absolute Gasteiger partial charge is 0.440 e. The van der Waals surface area contributed by atoms with Crippen LogP contribution < -0.4 is 11.1 Å². The van der Waals surface area contributed by atoms with Gasteiger partial charge in [0, 0.05) is 6.54 Å². The second-order valence-electron chi connectivity index (χ2n) is 6.00. The standard InChI is InChI=1S/C16H23N3O2S/c1-10(2)16(4,9-17)19-14(20)8-12-11(3)21-15(18-12)13-6-5-7-22-13/h5-7,10H,8-9,17H2,1-4H3,(H,19,20). The van der Waals surface area contributed by atoms with Gasteiger partial charge in [0.05, 0.1) is 22.5 Å². The SMILES string of the molecule is Cc1oc(-c2cccs2)nc1CC(=O)NC(C)(CN)C(C)C. The Morgan fingerprint density at radius 3 is 2.82 bits per heavy atom. The van der Waals surface area contributed by atoms with Gasteiger partial charge in [0.25, 0.3) is 0 Å². The fourth-order valence-corrected chi connectivity index (χ4v) is 2.69. The molecule has 5 nitrogen and oxygen atoms in total. The molecule has 3 N–H and O–H groups in total. The molecule has 2 heterocycles. The van der Waals surface area contributed by atoms with Gasteiger partial charge < -0.3 is 15.5 Å². The third-order valence-electron chi connectivity index (χ3n) is 4.08. The Bertz CT molecular complexity index is 634. The third-order valence-corrected chi connectivity index (χ3v) is 4.93. The second-order valence-corrected chi connectivity index (χ2v) is 6.95. The quantitative estimate of drug-likeness (QED) is 0.857. The maximum Gasteiger partial charge on any atom is 0.236 e. The van der Waals surface area contributed by atoms with Gasteiger partial charge in [0.15, 0.2) is 0 Å². The zero-order valence-corrected chi connectivity index (χ0v) is 14.3. The molecule has 2 aromatic rings. The molecule has 0 saturated carbocycles. The zero-order valence-electron chi connectivity index (χ0n) is 13.5. The molecular weight excluding hydrogens is 298 g/mol. The number of hydrogen-bond acceptors (Lipinski definition) is 5. The van der Waals surface area contributed by atoms with Crippen LogP contribution in [0.4, 0.5) is 0 Å². The summed E-state index contributed by atoms with van der Waals surface area (Å²) in [7, 11) is 0. The summed E-state index contributed by atoms with van der Waals surface area (Å²) in [5.74, 6) is 1.41. The molecule has 0 aliphatic carbocycles. The monoisotopic (exact) mass is 321 g/mol. The zero-order chi connectivity index (χ0) is 16.3. The van der Waals surface area contributed by atoms with Crippen molar-refractivity contribution in [2.45, 2.75) is 39.7 Å². The van der Waals surface area contributed by atoms with Gasteiger partial charge in [-0.2, -0.15) is 0 Å². The van der Waals surface area contributed by atoms with Crippen LogP contribution in [-0.2, 0) is 11.2 Å². The smallest absolute Gasteiger partial charge is 0.236 e. The molecule has 120 valence electrons. The first-order valence-electron chi connectivity index (χ1n) is 7.37. The Kier molecular flexibility index (Phi) is 5.03. The Balaban J connectivity index is 2.09. The summed E-state index contributed by atoms with van der Waals surface area (Å²) in [6.45, 7) is 8.28. The highest BCUT2D eigenvalue weighted by Crippen LogP contribution is 2.26. The van der Waals surface area contributed by atoms with Gasteiger partial charge in [0.1, 0.15) is 5.76 Å². The van der Waals surface area contributed by atoms with Gasteiger partial charge in [-0.25, -0.2) is 4.98 Å². The van der Waals surface area contributed by atoms with Crippen LogP contribution >= 0.6 is 11.3 Å². The highest BCUT2D eigenvalue weighted by Gasteiger charge is 2.29. The molecule has 0 fully saturated rings. The van der Waals surface area contributed by atoms with Crippen LogP contribution in [0.2, 0.25) is 0 Å². The van der Waals surface area contributed by atoms with E-state index in [0.29, 0.717) is 23.9 Å². The predicted octanol–water partition coefficient (Wildman–Crippen LogP) is 2.74. The topological polar surface area (TPSA) is 81.2 Å². The average molecular weight is 321 g/mol. The number of thiophene rings is 1. The molecule has 2 aromatic heterocycles. The van der Waals surface area contributed by atoms with E-state index in [0.717, 1.165) is 4.88 Å². The Hall–Kier alpha value is -1.66. The summed E-state index contributed by atoms with van der Waals surface area (Å²) in [4.78, 5) is 17.7. The van der Waals surface area contributed by atoms with Gasteiger partial charge in [-0.15, -0.1) is 11.3 Å². The second kappa shape index (κ2) is 6.62. The number of aromatic nitrogens is 1. The molecule has 0 aromatic carbocycles. The van der Waals surface area contributed by atoms with Crippen molar-refractivity contribution in [3.8, 4) is 10.8 Å². The average Bonchev–Trinajstić information content (AvgIpc) is 3.09. The minimum absolute atomic E-state index is 0.0872. The van der Waals surface area contributed by atoms with E-state index < -0.39 is 5.54 Å². The Labute approximate surface area is 134 Å². The first kappa shape index (κ1) is 16.7. The normalized spacial score (nSPS) is 14.1. The van der Waals surface area contributed by atoms with Crippen molar-refractivity contribution >= 4 is 17.2 Å². The molecule has 0 spiro atoms. The molecule has 1 amide bonds. The fraction of sp³-hybridized carbons (Fsp3) is 0.500. The van der Waals surface area contributed by atoms with Crippen molar-refractivity contribution in [1.29, 1.82) is 0 Å². The van der Waals surface area contributed by atoms with Crippen LogP contribution in [0.1, 0.15) is 32.2 Å². The van der Waals surface area contributed by atoms with Gasteiger partial charge in [-0.3, -0.25) is 4.79 Å². The lowest BCUT2D eigenvalue weighted by Gasteiger charge is -2.33. The minimum atomic E-state index is -0.411. The summed E-state index contributed by atoms with van der Waals surface area (Å²) in [5.41, 5.74) is 6.06. The number of amides is 1. The van der Waals surface area contributed by atoms with Gasteiger partial charge in [-0.1, -0.05) is 19.9 Å². The third kappa shape index (κ3) is 3.56. The highest BCUT2D eigenvalue weighted by molar-refractivity contribution is 7.13. The van der Waals surface area contributed by atoms with E-state index in [1.165, 1.54) is 0 Å². The van der Waals surface area contributed by atoms with Crippen molar-refractivity contribution in [2.24, 2.45) is 11.7 Å². The summed E-state index contributed by atoms with van der Waals surface area (Å²) in [6.07, 6.45) is 0.197. The molecule has 22 heavy (non-hydrogen) atoms. The lowest BCUT2D eigenvalue weighted by molar-refractivity contribution is -0.122. The number of rotatable bonds is 6. The van der Waals surface area contributed by atoms with Crippen LogP contribution in [-0.4, -0.2) is 23.0 Å². The summed E-state index contributed by atoms with van der Waals surface area (Å²) in [5, 5.41) is 4.99. The summed E-state index contributed by atoms with van der Waals surface area (Å²) < 4.78 is 5.66. The van der Waals surface area contributed by atoms with E-state index in [4.69, 9.17) is 10.2 Å². The number of carbonyl (C=O) groups is 1. The van der Waals surface area contributed by atoms with Crippen molar-refractivity contribution < 1.29 is 9.21 Å². The molecule has 6 heteroatoms. The van der Waals surface area contributed by atoms with Crippen LogP contribution in [0.15, 0.2) is 21.9 Å². The van der Waals surface area contributed by atoms with Gasteiger partial charge >= 0.3 is 0 Å². The van der Waals surface area contributed by atoms with E-state index in [-0.39, 0.29) is 18.2 Å². The first-order chi connectivity index (χ1) is 10.4. The van der Waals surface area contributed by atoms with Gasteiger partial charge in [0.2, 0.25) is 11.8 Å². The predicted molar refractivity (Wildman–Crippen MR) is 88.7 cm³/mol. The van der Waals surface area contributed by atoms with E-state index in [2.05, 4.69) is 10.3 Å². The Morgan fingerprint density at radius 2 is 2.27 bits per heavy atom.